The molecule has 5 heteroatoms. The second-order valence-corrected chi connectivity index (χ2v) is 19.4. The first-order valence-corrected chi connectivity index (χ1v) is 14.2. The molecule has 0 aromatic carbocycles. The third-order valence-corrected chi connectivity index (χ3v) is 18.4. The van der Waals surface area contributed by atoms with Crippen LogP contribution < -0.4 is 4.65 Å². The second kappa shape index (κ2) is 9.49. The van der Waals surface area contributed by atoms with Crippen LogP contribution >= 0.6 is 0 Å². The van der Waals surface area contributed by atoms with E-state index in [1.807, 2.05) is 14.2 Å². The van der Waals surface area contributed by atoms with Gasteiger partial charge in [-0.15, -0.1) is 0 Å². The molecule has 152 valence electrons. The molecule has 0 heterocycles. The summed E-state index contributed by atoms with van der Waals surface area (Å²) >= 11 is 0. The Morgan fingerprint density at radius 2 is 1.00 bits per heavy atom. The first kappa shape index (κ1) is 25.3. The van der Waals surface area contributed by atoms with E-state index in [1.165, 1.54) is 25.7 Å². The summed E-state index contributed by atoms with van der Waals surface area (Å²) in [6.45, 7) is 23.5. The molecule has 25 heavy (non-hydrogen) atoms. The fourth-order valence-electron chi connectivity index (χ4n) is 5.21. The lowest BCUT2D eigenvalue weighted by atomic mass is 10.1. The Hall–Kier alpha value is 0.314. The molecule has 0 spiro atoms. The molecule has 0 fully saturated rings. The maximum Gasteiger partial charge on any atom is 0.271 e. The minimum absolute atomic E-state index is 0.151. The van der Waals surface area contributed by atoms with E-state index < -0.39 is 17.0 Å². The zero-order valence-corrected chi connectivity index (χ0v) is 21.3. The molecule has 0 amide bonds. The van der Waals surface area contributed by atoms with Crippen molar-refractivity contribution < 1.29 is 8.85 Å². The van der Waals surface area contributed by atoms with Crippen LogP contribution in [0.25, 0.3) is 0 Å². The SMILES string of the molecule is CCCC(C)(C)[Si](N[Si](OC)(C(C)C)C(C)(C)CCC)(OC)C(C)C. The first-order chi connectivity index (χ1) is 11.3. The highest BCUT2D eigenvalue weighted by Gasteiger charge is 2.61. The maximum atomic E-state index is 6.48. The Labute approximate surface area is 161 Å². The van der Waals surface area contributed by atoms with E-state index in [-0.39, 0.29) is 10.1 Å². The smallest absolute Gasteiger partial charge is 0.271 e. The van der Waals surface area contributed by atoms with Gasteiger partial charge in [-0.1, -0.05) is 82.1 Å². The summed E-state index contributed by atoms with van der Waals surface area (Å²) in [6.07, 6.45) is 4.72. The highest BCUT2D eigenvalue weighted by molar-refractivity contribution is 6.91. The molecule has 2 unspecified atom stereocenters. The summed E-state index contributed by atoms with van der Waals surface area (Å²) < 4.78 is 17.2. The van der Waals surface area contributed by atoms with E-state index >= 15 is 0 Å². The predicted molar refractivity (Wildman–Crippen MR) is 117 cm³/mol. The van der Waals surface area contributed by atoms with Gasteiger partial charge in [-0.25, -0.2) is 0 Å². The average Bonchev–Trinajstić information content (AvgIpc) is 2.47. The van der Waals surface area contributed by atoms with Crippen LogP contribution in [0.2, 0.25) is 21.2 Å². The molecule has 0 bridgehead atoms. The van der Waals surface area contributed by atoms with Crippen LogP contribution in [0.1, 0.15) is 94.9 Å². The Kier molecular flexibility index (Phi) is 9.61. The number of hydrogen-bond donors (Lipinski definition) is 1. The lowest BCUT2D eigenvalue weighted by Crippen LogP contribution is -2.76. The summed E-state index contributed by atoms with van der Waals surface area (Å²) in [5.41, 5.74) is 0.967. The second-order valence-electron chi connectivity index (χ2n) is 9.58. The average molecular weight is 390 g/mol. The van der Waals surface area contributed by atoms with Gasteiger partial charge in [-0.2, -0.15) is 0 Å². The van der Waals surface area contributed by atoms with E-state index in [0.29, 0.717) is 11.1 Å². The van der Waals surface area contributed by atoms with Crippen LogP contribution in [0.5, 0.6) is 0 Å². The van der Waals surface area contributed by atoms with Gasteiger partial charge in [-0.3, -0.25) is 0 Å². The molecule has 3 nitrogen and oxygen atoms in total. The molecule has 0 aromatic rings. The summed E-state index contributed by atoms with van der Waals surface area (Å²) in [6, 6.07) is 0. The van der Waals surface area contributed by atoms with E-state index in [4.69, 9.17) is 8.85 Å². The Morgan fingerprint density at radius 1 is 0.720 bits per heavy atom. The summed E-state index contributed by atoms with van der Waals surface area (Å²) in [7, 11) is -0.675. The Bertz CT molecular complexity index is 363. The zero-order chi connectivity index (χ0) is 20.1. The standard InChI is InChI=1S/C20H47NO2Si2/c1-13-15-19(7,8)24(22-11,17(3)4)21-25(23-12,18(5)6)20(9,10)16-14-2/h17-18,21H,13-16H2,1-12H3. The maximum absolute atomic E-state index is 6.48. The lowest BCUT2D eigenvalue weighted by molar-refractivity contribution is 0.294. The molecule has 1 N–H and O–H groups in total. The molecular weight excluding hydrogens is 342 g/mol. The van der Waals surface area contributed by atoms with Crippen molar-refractivity contribution in [3.63, 3.8) is 0 Å². The van der Waals surface area contributed by atoms with Crippen LogP contribution in [-0.2, 0) is 8.85 Å². The summed E-state index contributed by atoms with van der Waals surface area (Å²) in [4.78, 5) is 0. The highest BCUT2D eigenvalue weighted by atomic mass is 28.4. The molecule has 0 aromatic heterocycles. The van der Waals surface area contributed by atoms with Gasteiger partial charge in [0.15, 0.2) is 0 Å². The Morgan fingerprint density at radius 3 is 1.16 bits per heavy atom. The van der Waals surface area contributed by atoms with Gasteiger partial charge in [0.1, 0.15) is 0 Å². The zero-order valence-electron chi connectivity index (χ0n) is 19.3. The van der Waals surface area contributed by atoms with Crippen molar-refractivity contribution in [2.45, 2.75) is 116 Å². The van der Waals surface area contributed by atoms with Crippen molar-refractivity contribution in [1.82, 2.24) is 4.65 Å². The third kappa shape index (κ3) is 4.78. The summed E-state index contributed by atoms with van der Waals surface area (Å²) in [5, 5.41) is 0.303. The van der Waals surface area contributed by atoms with Gasteiger partial charge in [0.2, 0.25) is 0 Å². The van der Waals surface area contributed by atoms with E-state index in [2.05, 4.69) is 73.9 Å². The van der Waals surface area contributed by atoms with E-state index in [0.717, 1.165) is 0 Å². The van der Waals surface area contributed by atoms with Crippen molar-refractivity contribution in [3.05, 3.63) is 0 Å². The van der Waals surface area contributed by atoms with Gasteiger partial charge in [0.05, 0.1) is 0 Å². The number of rotatable bonds is 12. The van der Waals surface area contributed by atoms with Crippen molar-refractivity contribution in [1.29, 1.82) is 0 Å². The van der Waals surface area contributed by atoms with Crippen LogP contribution in [0.3, 0.4) is 0 Å². The molecule has 0 aliphatic rings. The number of nitrogens with one attached hydrogen (secondary N) is 1. The lowest BCUT2D eigenvalue weighted by Gasteiger charge is -2.55. The van der Waals surface area contributed by atoms with Crippen LogP contribution in [0.4, 0.5) is 0 Å². The first-order valence-electron chi connectivity index (χ1n) is 10.2. The van der Waals surface area contributed by atoms with Crippen LogP contribution in [0, 0.1) is 0 Å². The largest absolute Gasteiger partial charge is 0.406 e. The normalized spacial score (nSPS) is 18.5. The van der Waals surface area contributed by atoms with Crippen molar-refractivity contribution >= 4 is 17.0 Å². The number of hydrogen-bond acceptors (Lipinski definition) is 3. The van der Waals surface area contributed by atoms with Crippen molar-refractivity contribution in [2.24, 2.45) is 0 Å². The molecule has 0 radical (unpaired) electrons. The topological polar surface area (TPSA) is 30.5 Å². The van der Waals surface area contributed by atoms with Crippen LogP contribution in [-0.4, -0.2) is 31.2 Å². The minimum atomic E-state index is -2.27. The van der Waals surface area contributed by atoms with Crippen molar-refractivity contribution in [2.75, 3.05) is 14.2 Å². The van der Waals surface area contributed by atoms with Gasteiger partial charge in [0.25, 0.3) is 17.0 Å². The van der Waals surface area contributed by atoms with E-state index in [1.54, 1.807) is 0 Å². The van der Waals surface area contributed by atoms with Gasteiger partial charge in [-0.05, 0) is 34.0 Å². The minimum Gasteiger partial charge on any atom is -0.406 e. The molecular formula is C20H47NO2Si2. The predicted octanol–water partition coefficient (Wildman–Crippen LogP) is 6.73. The Balaban J connectivity index is 6.37. The fraction of sp³-hybridized carbons (Fsp3) is 1.00. The summed E-state index contributed by atoms with van der Waals surface area (Å²) in [5.74, 6) is 0. The molecule has 0 saturated carbocycles. The van der Waals surface area contributed by atoms with Crippen molar-refractivity contribution in [3.8, 4) is 0 Å². The quantitative estimate of drug-likeness (QED) is 0.375. The van der Waals surface area contributed by atoms with Gasteiger partial charge < -0.3 is 13.5 Å². The van der Waals surface area contributed by atoms with Gasteiger partial charge >= 0.3 is 0 Å². The molecule has 0 saturated heterocycles. The fourth-order valence-corrected chi connectivity index (χ4v) is 19.7. The van der Waals surface area contributed by atoms with E-state index in [9.17, 15) is 0 Å². The third-order valence-electron chi connectivity index (χ3n) is 6.40. The van der Waals surface area contributed by atoms with Crippen LogP contribution in [0.15, 0.2) is 0 Å². The molecule has 0 rings (SSSR count). The highest BCUT2D eigenvalue weighted by Crippen LogP contribution is 2.52. The molecule has 0 aliphatic heterocycles. The van der Waals surface area contributed by atoms with Gasteiger partial charge in [0, 0.05) is 14.2 Å². The monoisotopic (exact) mass is 389 g/mol. The molecule has 2 atom stereocenters. The molecule has 0 aliphatic carbocycles.